The third kappa shape index (κ3) is 3.38. The second-order valence-electron chi connectivity index (χ2n) is 6.66. The summed E-state index contributed by atoms with van der Waals surface area (Å²) >= 11 is 6.45. The number of halogens is 1. The molecule has 0 aliphatic carbocycles. The molecule has 138 valence electrons. The number of hydrogen-bond acceptors (Lipinski definition) is 5. The minimum absolute atomic E-state index is 0.0224. The second kappa shape index (κ2) is 7.40. The Hall–Kier alpha value is -1.86. The quantitative estimate of drug-likeness (QED) is 0.717. The number of benzene rings is 1. The number of aromatic nitrogens is 2. The van der Waals surface area contributed by atoms with Crippen LogP contribution in [0.5, 0.6) is 5.75 Å². The van der Waals surface area contributed by atoms with Gasteiger partial charge in [0.15, 0.2) is 0 Å². The first-order chi connectivity index (χ1) is 12.7. The van der Waals surface area contributed by atoms with Crippen molar-refractivity contribution in [3.8, 4) is 5.75 Å². The topological polar surface area (TPSA) is 70.6 Å². The lowest BCUT2D eigenvalue weighted by Gasteiger charge is -2.32. The van der Waals surface area contributed by atoms with Gasteiger partial charge >= 0.3 is 0 Å². The molecule has 1 atom stereocenters. The number of pyridine rings is 1. The van der Waals surface area contributed by atoms with E-state index in [4.69, 9.17) is 26.2 Å². The van der Waals surface area contributed by atoms with Gasteiger partial charge in [0.25, 0.3) is 0 Å². The van der Waals surface area contributed by atoms with Crippen LogP contribution in [0.3, 0.4) is 0 Å². The molecule has 0 amide bonds. The Morgan fingerprint density at radius 1 is 1.46 bits per heavy atom. The average molecular weight is 376 g/mol. The molecule has 0 spiro atoms. The molecular weight excluding hydrogens is 354 g/mol. The maximum atomic E-state index is 9.11. The van der Waals surface area contributed by atoms with Crippen LogP contribution in [-0.4, -0.2) is 65.5 Å². The molecule has 7 heteroatoms. The number of β-amino-alcohol motifs (C(OH)–C–C–N with tert-alkyl or cyclic N) is 1. The first kappa shape index (κ1) is 17.5. The number of H-pyrrole nitrogens is 1. The van der Waals surface area contributed by atoms with E-state index in [9.17, 15) is 0 Å². The normalized spacial score (nSPS) is 18.7. The van der Waals surface area contributed by atoms with E-state index in [2.05, 4.69) is 20.9 Å². The molecule has 3 heterocycles. The summed E-state index contributed by atoms with van der Waals surface area (Å²) < 4.78 is 11.9. The Kier molecular flexibility index (Phi) is 5.00. The molecule has 2 aromatic heterocycles. The minimum Gasteiger partial charge on any atom is -0.489 e. The number of nitrogens with one attached hydrogen (secondary N) is 1. The summed E-state index contributed by atoms with van der Waals surface area (Å²) in [6, 6.07) is 5.81. The first-order valence-electron chi connectivity index (χ1n) is 8.80. The molecule has 1 aromatic carbocycles. The third-order valence-corrected chi connectivity index (χ3v) is 5.03. The maximum absolute atomic E-state index is 9.11. The van der Waals surface area contributed by atoms with Gasteiger partial charge in [0.1, 0.15) is 24.1 Å². The van der Waals surface area contributed by atoms with Crippen molar-refractivity contribution in [2.75, 3.05) is 39.5 Å². The van der Waals surface area contributed by atoms with Crippen LogP contribution in [0, 0.1) is 6.92 Å². The summed E-state index contributed by atoms with van der Waals surface area (Å²) in [6.07, 6.45) is 1.81. The number of morpholine rings is 1. The predicted octanol–water partition coefficient (Wildman–Crippen LogP) is 2.75. The van der Waals surface area contributed by atoms with Crippen LogP contribution in [0.2, 0.25) is 5.02 Å². The van der Waals surface area contributed by atoms with Gasteiger partial charge in [-0.3, -0.25) is 4.90 Å². The minimum atomic E-state index is -0.0224. The van der Waals surface area contributed by atoms with Gasteiger partial charge < -0.3 is 19.6 Å². The summed E-state index contributed by atoms with van der Waals surface area (Å²) in [4.78, 5) is 9.97. The molecule has 0 bridgehead atoms. The van der Waals surface area contributed by atoms with E-state index in [1.54, 1.807) is 0 Å². The monoisotopic (exact) mass is 375 g/mol. The highest BCUT2D eigenvalue weighted by Gasteiger charge is 2.21. The van der Waals surface area contributed by atoms with Crippen molar-refractivity contribution in [3.63, 3.8) is 0 Å². The Labute approximate surface area is 156 Å². The standard InChI is InChI=1S/C19H22ClN3O3/c1-12-8-14-17-15(20)2-3-16(18(17)22-19(14)21-9-12)26-11-13-10-23(4-6-24)5-7-25-13/h2-3,8-9,13,24H,4-7,10-11H2,1H3,(H,21,22)/t13-/m0/s1. The molecule has 1 aliphatic heterocycles. The molecule has 26 heavy (non-hydrogen) atoms. The molecule has 0 unspecified atom stereocenters. The van der Waals surface area contributed by atoms with Gasteiger partial charge in [0.2, 0.25) is 0 Å². The van der Waals surface area contributed by atoms with E-state index < -0.39 is 0 Å². The summed E-state index contributed by atoms with van der Waals surface area (Å²) in [5.74, 6) is 0.739. The van der Waals surface area contributed by atoms with Crippen LogP contribution in [0.25, 0.3) is 21.9 Å². The molecular formula is C19H22ClN3O3. The Balaban J connectivity index is 1.59. The lowest BCUT2D eigenvalue weighted by Crippen LogP contribution is -2.45. The van der Waals surface area contributed by atoms with Crippen molar-refractivity contribution in [1.82, 2.24) is 14.9 Å². The van der Waals surface area contributed by atoms with Gasteiger partial charge in [-0.15, -0.1) is 0 Å². The van der Waals surface area contributed by atoms with E-state index in [1.165, 1.54) is 0 Å². The highest BCUT2D eigenvalue weighted by molar-refractivity contribution is 6.38. The Bertz CT molecular complexity index is 925. The molecule has 0 saturated carbocycles. The van der Waals surface area contributed by atoms with Crippen molar-refractivity contribution in [2.24, 2.45) is 0 Å². The fourth-order valence-electron chi connectivity index (χ4n) is 3.45. The van der Waals surface area contributed by atoms with Crippen molar-refractivity contribution in [2.45, 2.75) is 13.0 Å². The zero-order valence-corrected chi connectivity index (χ0v) is 15.4. The number of rotatable bonds is 5. The van der Waals surface area contributed by atoms with Gasteiger partial charge in [-0.25, -0.2) is 4.98 Å². The van der Waals surface area contributed by atoms with Crippen LogP contribution in [0.4, 0.5) is 0 Å². The van der Waals surface area contributed by atoms with Gasteiger partial charge in [-0.05, 0) is 30.7 Å². The summed E-state index contributed by atoms with van der Waals surface area (Å²) in [6.45, 7) is 5.53. The van der Waals surface area contributed by atoms with Crippen LogP contribution < -0.4 is 4.74 Å². The lowest BCUT2D eigenvalue weighted by atomic mass is 10.1. The van der Waals surface area contributed by atoms with Crippen molar-refractivity contribution in [3.05, 3.63) is 35.0 Å². The van der Waals surface area contributed by atoms with Crippen molar-refractivity contribution >= 4 is 33.5 Å². The number of hydrogen-bond donors (Lipinski definition) is 2. The first-order valence-corrected chi connectivity index (χ1v) is 9.17. The molecule has 3 aromatic rings. The number of aliphatic hydroxyl groups excluding tert-OH is 1. The summed E-state index contributed by atoms with van der Waals surface area (Å²) in [7, 11) is 0. The molecule has 1 aliphatic rings. The van der Waals surface area contributed by atoms with Crippen LogP contribution >= 0.6 is 11.6 Å². The lowest BCUT2D eigenvalue weighted by molar-refractivity contribution is -0.0506. The van der Waals surface area contributed by atoms with E-state index >= 15 is 0 Å². The van der Waals surface area contributed by atoms with Crippen LogP contribution in [0.1, 0.15) is 5.56 Å². The second-order valence-corrected chi connectivity index (χ2v) is 7.06. The van der Waals surface area contributed by atoms with Crippen molar-refractivity contribution in [1.29, 1.82) is 0 Å². The fourth-order valence-corrected chi connectivity index (χ4v) is 3.71. The molecule has 6 nitrogen and oxygen atoms in total. The van der Waals surface area contributed by atoms with Gasteiger partial charge in [0.05, 0.1) is 23.8 Å². The number of aromatic amines is 1. The van der Waals surface area contributed by atoms with E-state index in [0.717, 1.165) is 46.3 Å². The highest BCUT2D eigenvalue weighted by atomic mass is 35.5. The van der Waals surface area contributed by atoms with Gasteiger partial charge in [-0.2, -0.15) is 0 Å². The third-order valence-electron chi connectivity index (χ3n) is 4.72. The number of ether oxygens (including phenoxy) is 2. The maximum Gasteiger partial charge on any atom is 0.143 e. The molecule has 2 N–H and O–H groups in total. The van der Waals surface area contributed by atoms with Crippen molar-refractivity contribution < 1.29 is 14.6 Å². The average Bonchev–Trinajstić information content (AvgIpc) is 3.01. The van der Waals surface area contributed by atoms with Crippen LogP contribution in [0.15, 0.2) is 24.4 Å². The Morgan fingerprint density at radius 2 is 2.35 bits per heavy atom. The number of aryl methyl sites for hydroxylation is 1. The molecule has 4 rings (SSSR count). The van der Waals surface area contributed by atoms with Gasteiger partial charge in [-0.1, -0.05) is 11.6 Å². The number of nitrogens with zero attached hydrogens (tertiary/aromatic N) is 2. The largest absolute Gasteiger partial charge is 0.489 e. The van der Waals surface area contributed by atoms with Crippen LogP contribution in [-0.2, 0) is 4.74 Å². The van der Waals surface area contributed by atoms with E-state index in [1.807, 2.05) is 25.3 Å². The number of fused-ring (bicyclic) bond motifs is 3. The highest BCUT2D eigenvalue weighted by Crippen LogP contribution is 2.36. The zero-order chi connectivity index (χ0) is 18.1. The van der Waals surface area contributed by atoms with Gasteiger partial charge in [0, 0.05) is 36.6 Å². The fraction of sp³-hybridized carbons (Fsp3) is 0.421. The number of aliphatic hydroxyl groups is 1. The molecule has 0 radical (unpaired) electrons. The smallest absolute Gasteiger partial charge is 0.143 e. The Morgan fingerprint density at radius 3 is 3.19 bits per heavy atom. The van der Waals surface area contributed by atoms with E-state index in [0.29, 0.717) is 24.8 Å². The molecule has 1 saturated heterocycles. The summed E-state index contributed by atoms with van der Waals surface area (Å²) in [5.41, 5.74) is 2.74. The molecule has 1 fully saturated rings. The SMILES string of the molecule is Cc1cnc2[nH]c3c(OC[C@@H]4CN(CCO)CCO4)ccc(Cl)c3c2c1. The van der Waals surface area contributed by atoms with E-state index in [-0.39, 0.29) is 12.7 Å². The summed E-state index contributed by atoms with van der Waals surface area (Å²) in [5, 5.41) is 11.7. The zero-order valence-electron chi connectivity index (χ0n) is 14.7. The predicted molar refractivity (Wildman–Crippen MR) is 102 cm³/mol.